The molecule has 0 spiro atoms. The number of anilines is 1. The molecule has 1 aromatic carbocycles. The Kier molecular flexibility index (Phi) is 6.23. The van der Waals surface area contributed by atoms with Crippen LogP contribution in [-0.2, 0) is 22.4 Å². The van der Waals surface area contributed by atoms with Gasteiger partial charge in [-0.1, -0.05) is 23.6 Å². The second-order valence-electron chi connectivity index (χ2n) is 8.65. The number of rotatable bonds is 4. The van der Waals surface area contributed by atoms with Crippen molar-refractivity contribution in [2.75, 3.05) is 23.7 Å². The summed E-state index contributed by atoms with van der Waals surface area (Å²) in [5, 5.41) is 3.58. The molecule has 2 aromatic rings. The Morgan fingerprint density at radius 1 is 1.12 bits per heavy atom. The number of carbonyl (C=O) groups is 2. The molecular formula is C25H26N4O3S. The second kappa shape index (κ2) is 9.44. The third-order valence-electron chi connectivity index (χ3n) is 6.40. The van der Waals surface area contributed by atoms with Crippen molar-refractivity contribution in [3.63, 3.8) is 0 Å². The summed E-state index contributed by atoms with van der Waals surface area (Å²) in [6.07, 6.45) is 5.50. The molecule has 1 aromatic heterocycles. The van der Waals surface area contributed by atoms with Crippen molar-refractivity contribution in [2.45, 2.75) is 56.1 Å². The zero-order valence-electron chi connectivity index (χ0n) is 18.4. The summed E-state index contributed by atoms with van der Waals surface area (Å²) in [6, 6.07) is 7.48. The fourth-order valence-corrected chi connectivity index (χ4v) is 5.84. The Morgan fingerprint density at radius 2 is 1.97 bits per heavy atom. The van der Waals surface area contributed by atoms with Gasteiger partial charge in [0.05, 0.1) is 18.3 Å². The number of aromatic nitrogens is 2. The second-order valence-corrected chi connectivity index (χ2v) is 9.63. The van der Waals surface area contributed by atoms with Crippen LogP contribution in [0.1, 0.15) is 55.0 Å². The maximum atomic E-state index is 12.8. The fourth-order valence-electron chi connectivity index (χ4n) is 4.68. The molecule has 33 heavy (non-hydrogen) atoms. The Bertz CT molecular complexity index is 1210. The van der Waals surface area contributed by atoms with Crippen LogP contribution in [0.25, 0.3) is 0 Å². The Hall–Kier alpha value is -3.05. The number of carbonyl (C=O) groups excluding carboxylic acids is 2. The van der Waals surface area contributed by atoms with Crippen molar-refractivity contribution >= 4 is 29.3 Å². The third kappa shape index (κ3) is 4.55. The number of aryl methyl sites for hydroxylation is 1. The molecule has 1 aliphatic carbocycles. The number of fused-ring (bicyclic) bond motifs is 2. The number of nitrogens with one attached hydrogen (secondary N) is 1. The number of thioether (sulfide) groups is 1. The molecule has 1 N–H and O–H groups in total. The van der Waals surface area contributed by atoms with Gasteiger partial charge in [0.15, 0.2) is 5.16 Å². The van der Waals surface area contributed by atoms with Crippen LogP contribution < -0.4 is 15.8 Å². The first-order valence-corrected chi connectivity index (χ1v) is 12.5. The number of amides is 2. The lowest BCUT2D eigenvalue weighted by Gasteiger charge is -2.26. The first kappa shape index (κ1) is 21.8. The summed E-state index contributed by atoms with van der Waals surface area (Å²) in [4.78, 5) is 43.8. The zero-order valence-corrected chi connectivity index (χ0v) is 19.2. The predicted molar refractivity (Wildman–Crippen MR) is 127 cm³/mol. The molecule has 1 atom stereocenters. The van der Waals surface area contributed by atoms with E-state index in [1.807, 2.05) is 29.2 Å². The minimum absolute atomic E-state index is 0.0322. The molecular weight excluding hydrogens is 436 g/mol. The van der Waals surface area contributed by atoms with Gasteiger partial charge in [0, 0.05) is 42.0 Å². The van der Waals surface area contributed by atoms with Gasteiger partial charge < -0.3 is 10.2 Å². The van der Waals surface area contributed by atoms with Crippen LogP contribution in [0.4, 0.5) is 5.69 Å². The number of piperidine rings is 1. The lowest BCUT2D eigenvalue weighted by Crippen LogP contribution is -2.35. The first-order valence-electron chi connectivity index (χ1n) is 11.5. The quantitative estimate of drug-likeness (QED) is 0.557. The molecule has 0 radical (unpaired) electrons. The van der Waals surface area contributed by atoms with E-state index in [-0.39, 0.29) is 36.4 Å². The molecule has 7 nitrogen and oxygen atoms in total. The summed E-state index contributed by atoms with van der Waals surface area (Å²) in [5.41, 5.74) is 3.54. The molecule has 0 saturated carbocycles. The highest BCUT2D eigenvalue weighted by atomic mass is 32.2. The number of benzene rings is 1. The summed E-state index contributed by atoms with van der Waals surface area (Å²) < 4.78 is 1.72. The highest BCUT2D eigenvalue weighted by molar-refractivity contribution is 7.99. The van der Waals surface area contributed by atoms with Crippen LogP contribution in [0, 0.1) is 11.8 Å². The van der Waals surface area contributed by atoms with Gasteiger partial charge in [-0.2, -0.15) is 0 Å². The minimum atomic E-state index is -0.158. The highest BCUT2D eigenvalue weighted by Crippen LogP contribution is 2.33. The summed E-state index contributed by atoms with van der Waals surface area (Å²) in [7, 11) is 0. The van der Waals surface area contributed by atoms with Gasteiger partial charge in [0.2, 0.25) is 11.8 Å². The Labute approximate surface area is 197 Å². The smallest absolute Gasteiger partial charge is 0.257 e. The number of hydrogen-bond donors (Lipinski definition) is 1. The molecule has 2 amide bonds. The lowest BCUT2D eigenvalue weighted by atomic mass is 10.1. The van der Waals surface area contributed by atoms with E-state index in [0.29, 0.717) is 12.2 Å². The molecule has 2 aliphatic heterocycles. The van der Waals surface area contributed by atoms with Crippen molar-refractivity contribution in [3.8, 4) is 11.8 Å². The van der Waals surface area contributed by atoms with Crippen LogP contribution in [0.2, 0.25) is 0 Å². The van der Waals surface area contributed by atoms with Gasteiger partial charge in [0.25, 0.3) is 5.56 Å². The SMILES string of the molecule is O=C(CC1CSc2nc3c(c(=O)n21)CCC3)NCC#Cc1ccc(N2CCCCC2=O)cc1. The van der Waals surface area contributed by atoms with Crippen LogP contribution in [0.3, 0.4) is 0 Å². The van der Waals surface area contributed by atoms with E-state index in [1.54, 1.807) is 16.3 Å². The fraction of sp³-hybridized carbons (Fsp3) is 0.440. The molecule has 170 valence electrons. The van der Waals surface area contributed by atoms with Gasteiger partial charge >= 0.3 is 0 Å². The van der Waals surface area contributed by atoms with E-state index in [1.165, 1.54) is 0 Å². The summed E-state index contributed by atoms with van der Waals surface area (Å²) in [6.45, 7) is 1.01. The number of hydrogen-bond acceptors (Lipinski definition) is 5. The highest BCUT2D eigenvalue weighted by Gasteiger charge is 2.31. The van der Waals surface area contributed by atoms with E-state index in [4.69, 9.17) is 0 Å². The van der Waals surface area contributed by atoms with E-state index in [9.17, 15) is 14.4 Å². The Morgan fingerprint density at radius 3 is 2.79 bits per heavy atom. The van der Waals surface area contributed by atoms with Crippen LogP contribution in [0.15, 0.2) is 34.2 Å². The molecule has 5 rings (SSSR count). The van der Waals surface area contributed by atoms with Gasteiger partial charge in [-0.05, 0) is 56.4 Å². The molecule has 8 heteroatoms. The maximum absolute atomic E-state index is 12.8. The summed E-state index contributed by atoms with van der Waals surface area (Å²) >= 11 is 1.55. The van der Waals surface area contributed by atoms with Gasteiger partial charge in [0.1, 0.15) is 0 Å². The third-order valence-corrected chi connectivity index (χ3v) is 7.50. The monoisotopic (exact) mass is 462 g/mol. The normalized spacial score (nSPS) is 19.0. The first-order chi connectivity index (χ1) is 16.1. The number of nitrogens with zero attached hydrogens (tertiary/aromatic N) is 3. The topological polar surface area (TPSA) is 84.3 Å². The van der Waals surface area contributed by atoms with Crippen molar-refractivity contribution in [3.05, 3.63) is 51.4 Å². The van der Waals surface area contributed by atoms with E-state index in [2.05, 4.69) is 22.1 Å². The largest absolute Gasteiger partial charge is 0.345 e. The standard InChI is InChI=1S/C25H26N4O3S/c30-22(15-19-16-33-25-27-21-7-3-6-20(21)24(32)29(19)25)26-13-4-5-17-9-11-18(12-10-17)28-14-2-1-8-23(28)31/h9-12,19H,1-3,6-8,13-16H2,(H,26,30). The van der Waals surface area contributed by atoms with Crippen molar-refractivity contribution in [1.29, 1.82) is 0 Å². The van der Waals surface area contributed by atoms with Crippen LogP contribution >= 0.6 is 11.8 Å². The van der Waals surface area contributed by atoms with Crippen LogP contribution in [-0.4, -0.2) is 40.2 Å². The maximum Gasteiger partial charge on any atom is 0.257 e. The summed E-state index contributed by atoms with van der Waals surface area (Å²) in [5.74, 6) is 6.78. The van der Waals surface area contributed by atoms with Crippen molar-refractivity contribution < 1.29 is 9.59 Å². The zero-order chi connectivity index (χ0) is 22.8. The van der Waals surface area contributed by atoms with Crippen molar-refractivity contribution in [1.82, 2.24) is 14.9 Å². The Balaban J connectivity index is 1.15. The lowest BCUT2D eigenvalue weighted by molar-refractivity contribution is -0.121. The van der Waals surface area contributed by atoms with Crippen LogP contribution in [0.5, 0.6) is 0 Å². The van der Waals surface area contributed by atoms with Gasteiger partial charge in [-0.15, -0.1) is 0 Å². The molecule has 3 heterocycles. The average Bonchev–Trinajstić information content (AvgIpc) is 3.45. The molecule has 1 unspecified atom stereocenters. The molecule has 1 fully saturated rings. The van der Waals surface area contributed by atoms with Crippen molar-refractivity contribution in [2.24, 2.45) is 0 Å². The van der Waals surface area contributed by atoms with E-state index < -0.39 is 0 Å². The van der Waals surface area contributed by atoms with E-state index in [0.717, 1.165) is 66.3 Å². The van der Waals surface area contributed by atoms with Gasteiger partial charge in [-0.25, -0.2) is 4.98 Å². The van der Waals surface area contributed by atoms with E-state index >= 15 is 0 Å². The molecule has 1 saturated heterocycles. The minimum Gasteiger partial charge on any atom is -0.345 e. The molecule has 3 aliphatic rings. The van der Waals surface area contributed by atoms with Gasteiger partial charge in [-0.3, -0.25) is 19.0 Å². The molecule has 0 bridgehead atoms. The average molecular weight is 463 g/mol. The predicted octanol–water partition coefficient (Wildman–Crippen LogP) is 2.45.